The fraction of sp³-hybridized carbons (Fsp3) is 0.444. The fourth-order valence-electron chi connectivity index (χ4n) is 3.13. The summed E-state index contributed by atoms with van der Waals surface area (Å²) in [5.41, 5.74) is 3.05. The van der Waals surface area contributed by atoms with E-state index in [-0.39, 0.29) is 5.82 Å². The van der Waals surface area contributed by atoms with Crippen molar-refractivity contribution in [1.29, 1.82) is 0 Å². The lowest BCUT2D eigenvalue weighted by molar-refractivity contribution is 0.208. The highest BCUT2D eigenvalue weighted by Crippen LogP contribution is 2.19. The molecular formula is C18H22FN3. The first-order chi connectivity index (χ1) is 10.7. The molecule has 1 atom stereocenters. The average Bonchev–Trinajstić information content (AvgIpc) is 2.52. The summed E-state index contributed by atoms with van der Waals surface area (Å²) < 4.78 is 12.9. The molecular weight excluding hydrogens is 277 g/mol. The van der Waals surface area contributed by atoms with Crippen molar-refractivity contribution >= 4 is 0 Å². The van der Waals surface area contributed by atoms with Crippen molar-refractivity contribution in [3.8, 4) is 0 Å². The van der Waals surface area contributed by atoms with Gasteiger partial charge < -0.3 is 4.90 Å². The fourth-order valence-corrected chi connectivity index (χ4v) is 3.13. The largest absolute Gasteiger partial charge is 0.306 e. The minimum Gasteiger partial charge on any atom is -0.306 e. The molecule has 0 aliphatic carbocycles. The van der Waals surface area contributed by atoms with Gasteiger partial charge in [0.15, 0.2) is 0 Å². The van der Waals surface area contributed by atoms with Crippen LogP contribution >= 0.6 is 0 Å². The summed E-state index contributed by atoms with van der Waals surface area (Å²) in [5, 5.41) is 0. The molecule has 3 nitrogen and oxygen atoms in total. The molecule has 1 fully saturated rings. The minimum atomic E-state index is -0.206. The van der Waals surface area contributed by atoms with Crippen LogP contribution in [0.15, 0.2) is 36.7 Å². The highest BCUT2D eigenvalue weighted by atomic mass is 19.1. The van der Waals surface area contributed by atoms with Crippen LogP contribution in [0.25, 0.3) is 0 Å². The quantitative estimate of drug-likeness (QED) is 0.868. The molecule has 0 bridgehead atoms. The van der Waals surface area contributed by atoms with Crippen LogP contribution in [0.1, 0.15) is 29.8 Å². The summed E-state index contributed by atoms with van der Waals surface area (Å²) in [7, 11) is 2.18. The van der Waals surface area contributed by atoms with Gasteiger partial charge in [-0.25, -0.2) is 4.39 Å². The molecule has 1 aromatic carbocycles. The Morgan fingerprint density at radius 2 is 1.86 bits per heavy atom. The number of rotatable bonds is 4. The van der Waals surface area contributed by atoms with E-state index in [4.69, 9.17) is 0 Å². The first-order valence-electron chi connectivity index (χ1n) is 7.92. The van der Waals surface area contributed by atoms with Crippen LogP contribution in [-0.2, 0) is 12.8 Å². The van der Waals surface area contributed by atoms with Gasteiger partial charge in [-0.1, -0.05) is 12.1 Å². The zero-order valence-corrected chi connectivity index (χ0v) is 13.0. The van der Waals surface area contributed by atoms with E-state index in [2.05, 4.69) is 21.9 Å². The predicted molar refractivity (Wildman–Crippen MR) is 85.2 cm³/mol. The third-order valence-corrected chi connectivity index (χ3v) is 4.28. The van der Waals surface area contributed by atoms with Crippen LogP contribution in [0.2, 0.25) is 0 Å². The Balaban J connectivity index is 1.59. The van der Waals surface area contributed by atoms with E-state index < -0.39 is 0 Å². The van der Waals surface area contributed by atoms with E-state index in [1.54, 1.807) is 12.1 Å². The molecule has 1 saturated heterocycles. The summed E-state index contributed by atoms with van der Waals surface area (Å²) in [4.78, 5) is 11.5. The number of aromatic nitrogens is 2. The second-order valence-corrected chi connectivity index (χ2v) is 6.28. The van der Waals surface area contributed by atoms with Gasteiger partial charge in [0.05, 0.1) is 11.4 Å². The van der Waals surface area contributed by atoms with Gasteiger partial charge in [-0.15, -0.1) is 0 Å². The van der Waals surface area contributed by atoms with Crippen LogP contribution in [-0.4, -0.2) is 35.0 Å². The molecule has 116 valence electrons. The molecule has 0 radical (unpaired) electrons. The first kappa shape index (κ1) is 15.1. The van der Waals surface area contributed by atoms with Gasteiger partial charge >= 0.3 is 0 Å². The zero-order chi connectivity index (χ0) is 15.4. The molecule has 2 aromatic rings. The Morgan fingerprint density at radius 1 is 1.14 bits per heavy atom. The summed E-state index contributed by atoms with van der Waals surface area (Å²) >= 11 is 0. The summed E-state index contributed by atoms with van der Waals surface area (Å²) in [6, 6.07) is 6.55. The summed E-state index contributed by atoms with van der Waals surface area (Å²) in [5.74, 6) is 0.485. The van der Waals surface area contributed by atoms with Crippen LogP contribution in [0.3, 0.4) is 0 Å². The van der Waals surface area contributed by atoms with E-state index in [1.165, 1.54) is 31.5 Å². The van der Waals surface area contributed by atoms with Crippen LogP contribution in [0, 0.1) is 11.7 Å². The van der Waals surface area contributed by atoms with Crippen molar-refractivity contribution in [2.75, 3.05) is 20.1 Å². The van der Waals surface area contributed by atoms with E-state index >= 15 is 0 Å². The van der Waals surface area contributed by atoms with Gasteiger partial charge in [-0.05, 0) is 56.5 Å². The first-order valence-corrected chi connectivity index (χ1v) is 7.92. The number of benzene rings is 1. The number of nitrogens with zero attached hydrogens (tertiary/aromatic N) is 3. The van der Waals surface area contributed by atoms with Gasteiger partial charge in [0, 0.05) is 25.4 Å². The van der Waals surface area contributed by atoms with E-state index in [9.17, 15) is 4.39 Å². The lowest BCUT2D eigenvalue weighted by Crippen LogP contribution is -2.33. The van der Waals surface area contributed by atoms with Crippen molar-refractivity contribution in [2.24, 2.45) is 5.92 Å². The van der Waals surface area contributed by atoms with Crippen molar-refractivity contribution in [2.45, 2.75) is 25.7 Å². The number of likely N-dealkylation sites (tertiary alicyclic amines) is 1. The van der Waals surface area contributed by atoms with Gasteiger partial charge in [0.2, 0.25) is 0 Å². The molecule has 3 rings (SSSR count). The molecule has 2 heterocycles. The molecule has 1 aromatic heterocycles. The molecule has 0 amide bonds. The maximum atomic E-state index is 12.9. The molecule has 1 aliphatic heterocycles. The third-order valence-electron chi connectivity index (χ3n) is 4.28. The van der Waals surface area contributed by atoms with Gasteiger partial charge in [-0.2, -0.15) is 0 Å². The third kappa shape index (κ3) is 4.10. The molecule has 1 aliphatic rings. The van der Waals surface area contributed by atoms with Crippen LogP contribution in [0.5, 0.6) is 0 Å². The number of piperidine rings is 1. The zero-order valence-electron chi connectivity index (χ0n) is 13.0. The number of hydrogen-bond donors (Lipinski definition) is 0. The van der Waals surface area contributed by atoms with E-state index in [0.717, 1.165) is 29.9 Å². The second kappa shape index (κ2) is 6.97. The average molecular weight is 299 g/mol. The number of halogens is 1. The van der Waals surface area contributed by atoms with Crippen LogP contribution in [0.4, 0.5) is 4.39 Å². The molecule has 0 spiro atoms. The molecule has 1 unspecified atom stereocenters. The number of hydrogen-bond acceptors (Lipinski definition) is 3. The Bertz CT molecular complexity index is 595. The van der Waals surface area contributed by atoms with Gasteiger partial charge in [0.25, 0.3) is 0 Å². The highest BCUT2D eigenvalue weighted by molar-refractivity contribution is 5.21. The topological polar surface area (TPSA) is 29.0 Å². The normalized spacial score (nSPS) is 19.3. The summed E-state index contributed by atoms with van der Waals surface area (Å²) in [6.07, 6.45) is 8.01. The molecule has 0 N–H and O–H groups in total. The van der Waals surface area contributed by atoms with Crippen molar-refractivity contribution < 1.29 is 4.39 Å². The lowest BCUT2D eigenvalue weighted by atomic mass is 9.94. The van der Waals surface area contributed by atoms with Gasteiger partial charge in [0.1, 0.15) is 5.82 Å². The van der Waals surface area contributed by atoms with E-state index in [1.807, 2.05) is 12.4 Å². The van der Waals surface area contributed by atoms with Crippen molar-refractivity contribution in [1.82, 2.24) is 14.9 Å². The second-order valence-electron chi connectivity index (χ2n) is 6.28. The lowest BCUT2D eigenvalue weighted by Gasteiger charge is -2.29. The van der Waals surface area contributed by atoms with Crippen molar-refractivity contribution in [3.05, 3.63) is 59.4 Å². The highest BCUT2D eigenvalue weighted by Gasteiger charge is 2.18. The standard InChI is InChI=1S/C18H22FN3/c1-22-8-2-3-15(13-22)10-18-12-20-17(11-21-18)9-14-4-6-16(19)7-5-14/h4-7,11-12,15H,2-3,8-10,13H2,1H3. The Morgan fingerprint density at radius 3 is 2.55 bits per heavy atom. The smallest absolute Gasteiger partial charge is 0.123 e. The van der Waals surface area contributed by atoms with Gasteiger partial charge in [-0.3, -0.25) is 9.97 Å². The Labute approximate surface area is 131 Å². The predicted octanol–water partition coefficient (Wildman–Crippen LogP) is 3.09. The van der Waals surface area contributed by atoms with Crippen molar-refractivity contribution in [3.63, 3.8) is 0 Å². The molecule has 22 heavy (non-hydrogen) atoms. The van der Waals surface area contributed by atoms with Crippen LogP contribution < -0.4 is 0 Å². The summed E-state index contributed by atoms with van der Waals surface area (Å²) in [6.45, 7) is 2.36. The monoisotopic (exact) mass is 299 g/mol. The van der Waals surface area contributed by atoms with E-state index in [0.29, 0.717) is 12.3 Å². The molecule has 0 saturated carbocycles. The maximum Gasteiger partial charge on any atom is 0.123 e. The Hall–Kier alpha value is -1.81. The Kier molecular flexibility index (Phi) is 4.78. The minimum absolute atomic E-state index is 0.206. The molecule has 4 heteroatoms. The SMILES string of the molecule is CN1CCCC(Cc2cnc(Cc3ccc(F)cc3)cn2)C1. The maximum absolute atomic E-state index is 12.9.